The maximum absolute atomic E-state index is 12.9. The molecule has 0 bridgehead atoms. The van der Waals surface area contributed by atoms with Crippen molar-refractivity contribution in [3.63, 3.8) is 0 Å². The van der Waals surface area contributed by atoms with Crippen LogP contribution in [0.2, 0.25) is 0 Å². The normalized spacial score (nSPS) is 11.2. The lowest BCUT2D eigenvalue weighted by molar-refractivity contribution is -0.0484. The third-order valence-electron chi connectivity index (χ3n) is 4.81. The van der Waals surface area contributed by atoms with Crippen molar-refractivity contribution in [2.45, 2.75) is 38.8 Å². The van der Waals surface area contributed by atoms with Crippen LogP contribution in [0.5, 0.6) is 5.75 Å². The molecule has 0 spiro atoms. The van der Waals surface area contributed by atoms with Gasteiger partial charge in [0.1, 0.15) is 5.75 Å². The van der Waals surface area contributed by atoms with Gasteiger partial charge in [0.2, 0.25) is 0 Å². The second kappa shape index (κ2) is 9.35. The van der Waals surface area contributed by atoms with Gasteiger partial charge >= 0.3 is 6.61 Å². The van der Waals surface area contributed by atoms with Crippen molar-refractivity contribution in [3.8, 4) is 16.9 Å². The highest BCUT2D eigenvalue weighted by Gasteiger charge is 2.23. The van der Waals surface area contributed by atoms with Gasteiger partial charge in [-0.2, -0.15) is 13.9 Å². The van der Waals surface area contributed by atoms with Crippen LogP contribution in [0.3, 0.4) is 0 Å². The van der Waals surface area contributed by atoms with Crippen molar-refractivity contribution in [2.24, 2.45) is 5.73 Å². The number of aromatic amines is 1. The lowest BCUT2D eigenvalue weighted by Gasteiger charge is -2.27. The van der Waals surface area contributed by atoms with E-state index in [1.165, 1.54) is 6.20 Å². The molecular formula is C19H23Cl2F2N3O. The zero-order valence-electron chi connectivity index (χ0n) is 15.0. The number of nitrogens with zero attached hydrogens (tertiary/aromatic N) is 1. The molecule has 1 heterocycles. The lowest BCUT2D eigenvalue weighted by atomic mass is 9.85. The summed E-state index contributed by atoms with van der Waals surface area (Å²) in [5.74, 6) is 0.124. The van der Waals surface area contributed by atoms with Crippen LogP contribution in [0.25, 0.3) is 22.0 Å². The second-order valence-electron chi connectivity index (χ2n) is 6.09. The third-order valence-corrected chi connectivity index (χ3v) is 4.81. The van der Waals surface area contributed by atoms with Crippen molar-refractivity contribution in [3.05, 3.63) is 48.2 Å². The predicted octanol–water partition coefficient (Wildman–Crippen LogP) is 5.65. The maximum atomic E-state index is 12.9. The summed E-state index contributed by atoms with van der Waals surface area (Å²) in [5.41, 5.74) is 9.11. The summed E-state index contributed by atoms with van der Waals surface area (Å²) in [6.45, 7) is 1.20. The van der Waals surface area contributed by atoms with Crippen molar-refractivity contribution in [1.29, 1.82) is 0 Å². The number of rotatable bonds is 6. The molecule has 0 aliphatic rings. The highest BCUT2D eigenvalue weighted by Crippen LogP contribution is 2.38. The van der Waals surface area contributed by atoms with Gasteiger partial charge in [-0.15, -0.1) is 24.8 Å². The Balaban J connectivity index is 0.00000182. The lowest BCUT2D eigenvalue weighted by Crippen LogP contribution is -2.34. The standard InChI is InChI=1S/C19H21F2N3O.2ClH/c1-3-19(22,4-2)13-7-5-12(6-8-13)14-9-10-16-15(11-23-24-16)17(14)25-18(20)21;;/h5-11,18H,3-4,22H2,1-2H3,(H,23,24);2*1H. The Hall–Kier alpha value is -1.89. The molecule has 3 rings (SSSR count). The molecule has 0 aliphatic carbocycles. The number of ether oxygens (including phenoxy) is 1. The smallest absolute Gasteiger partial charge is 0.387 e. The third kappa shape index (κ3) is 4.51. The van der Waals surface area contributed by atoms with E-state index in [0.29, 0.717) is 16.5 Å². The Labute approximate surface area is 169 Å². The van der Waals surface area contributed by atoms with Crippen molar-refractivity contribution in [2.75, 3.05) is 0 Å². The Kier molecular flexibility index (Phi) is 8.02. The molecule has 1 aromatic heterocycles. The first-order valence-corrected chi connectivity index (χ1v) is 8.29. The van der Waals surface area contributed by atoms with E-state index >= 15 is 0 Å². The average Bonchev–Trinajstić information content (AvgIpc) is 3.10. The van der Waals surface area contributed by atoms with E-state index in [-0.39, 0.29) is 36.1 Å². The van der Waals surface area contributed by atoms with Gasteiger partial charge in [-0.3, -0.25) is 5.10 Å². The van der Waals surface area contributed by atoms with Crippen molar-refractivity contribution in [1.82, 2.24) is 10.2 Å². The van der Waals surface area contributed by atoms with Crippen LogP contribution < -0.4 is 10.5 Å². The van der Waals surface area contributed by atoms with Gasteiger partial charge in [0.25, 0.3) is 0 Å². The maximum Gasteiger partial charge on any atom is 0.387 e. The van der Waals surface area contributed by atoms with E-state index in [9.17, 15) is 8.78 Å². The number of fused-ring (bicyclic) bond motifs is 1. The van der Waals surface area contributed by atoms with E-state index in [1.54, 1.807) is 12.1 Å². The fourth-order valence-corrected chi connectivity index (χ4v) is 3.07. The van der Waals surface area contributed by atoms with Gasteiger partial charge in [0.05, 0.1) is 17.1 Å². The van der Waals surface area contributed by atoms with Crippen LogP contribution in [-0.4, -0.2) is 16.8 Å². The number of benzene rings is 2. The summed E-state index contributed by atoms with van der Waals surface area (Å²) in [5, 5.41) is 7.20. The summed E-state index contributed by atoms with van der Waals surface area (Å²) in [6.07, 6.45) is 3.14. The average molecular weight is 418 g/mol. The number of alkyl halides is 2. The Morgan fingerprint density at radius 1 is 1.07 bits per heavy atom. The largest absolute Gasteiger partial charge is 0.433 e. The molecule has 0 atom stereocenters. The van der Waals surface area contributed by atoms with Gasteiger partial charge in [-0.25, -0.2) is 0 Å². The van der Waals surface area contributed by atoms with Gasteiger partial charge in [0.15, 0.2) is 0 Å². The van der Waals surface area contributed by atoms with Gasteiger partial charge in [-0.1, -0.05) is 38.1 Å². The first-order valence-electron chi connectivity index (χ1n) is 8.29. The molecule has 0 saturated heterocycles. The Bertz CT molecular complexity index is 865. The zero-order valence-corrected chi connectivity index (χ0v) is 16.7. The minimum absolute atomic E-state index is 0. The summed E-state index contributed by atoms with van der Waals surface area (Å²) >= 11 is 0. The van der Waals surface area contributed by atoms with Gasteiger partial charge in [0, 0.05) is 11.1 Å². The quantitative estimate of drug-likeness (QED) is 0.544. The number of nitrogens with one attached hydrogen (secondary N) is 1. The topological polar surface area (TPSA) is 63.9 Å². The van der Waals surface area contributed by atoms with E-state index in [1.807, 2.05) is 24.3 Å². The fourth-order valence-electron chi connectivity index (χ4n) is 3.07. The zero-order chi connectivity index (χ0) is 18.0. The molecule has 0 fully saturated rings. The van der Waals surface area contributed by atoms with Crippen LogP contribution >= 0.6 is 24.8 Å². The molecule has 3 N–H and O–H groups in total. The SMILES string of the molecule is CCC(N)(CC)c1ccc(-c2ccc3[nH]ncc3c2OC(F)F)cc1.Cl.Cl. The highest BCUT2D eigenvalue weighted by atomic mass is 35.5. The van der Waals surface area contributed by atoms with E-state index in [0.717, 1.165) is 24.0 Å². The summed E-state index contributed by atoms with van der Waals surface area (Å²) in [4.78, 5) is 0. The van der Waals surface area contributed by atoms with Crippen LogP contribution in [0, 0.1) is 0 Å². The molecule has 2 aromatic carbocycles. The van der Waals surface area contributed by atoms with E-state index in [4.69, 9.17) is 10.5 Å². The summed E-state index contributed by atoms with van der Waals surface area (Å²) < 4.78 is 30.6. The molecule has 0 radical (unpaired) electrons. The van der Waals surface area contributed by atoms with Crippen molar-refractivity contribution < 1.29 is 13.5 Å². The monoisotopic (exact) mass is 417 g/mol. The van der Waals surface area contributed by atoms with Crippen LogP contribution in [-0.2, 0) is 5.54 Å². The fraction of sp³-hybridized carbons (Fsp3) is 0.316. The first kappa shape index (κ1) is 23.1. The minimum Gasteiger partial charge on any atom is -0.433 e. The number of H-pyrrole nitrogens is 1. The molecule has 148 valence electrons. The van der Waals surface area contributed by atoms with E-state index in [2.05, 4.69) is 24.0 Å². The number of nitrogens with two attached hydrogens (primary N) is 1. The second-order valence-corrected chi connectivity index (χ2v) is 6.09. The first-order chi connectivity index (χ1) is 12.0. The van der Waals surface area contributed by atoms with Crippen LogP contribution in [0.4, 0.5) is 8.78 Å². The van der Waals surface area contributed by atoms with Gasteiger partial charge < -0.3 is 10.5 Å². The molecule has 0 aliphatic heterocycles. The molecule has 0 saturated carbocycles. The van der Waals surface area contributed by atoms with Crippen LogP contribution in [0.1, 0.15) is 32.3 Å². The van der Waals surface area contributed by atoms with Crippen LogP contribution in [0.15, 0.2) is 42.6 Å². The molecule has 8 heteroatoms. The Morgan fingerprint density at radius 2 is 1.70 bits per heavy atom. The number of halogens is 4. The molecule has 3 aromatic rings. The molecule has 27 heavy (non-hydrogen) atoms. The molecular weight excluding hydrogens is 395 g/mol. The number of aromatic nitrogens is 2. The van der Waals surface area contributed by atoms with Gasteiger partial charge in [-0.05, 0) is 36.1 Å². The van der Waals surface area contributed by atoms with Crippen molar-refractivity contribution >= 4 is 35.7 Å². The molecule has 4 nitrogen and oxygen atoms in total. The summed E-state index contributed by atoms with van der Waals surface area (Å²) in [6, 6.07) is 11.2. The number of hydrogen-bond donors (Lipinski definition) is 2. The van der Waals surface area contributed by atoms with E-state index < -0.39 is 6.61 Å². The summed E-state index contributed by atoms with van der Waals surface area (Å²) in [7, 11) is 0. The highest BCUT2D eigenvalue weighted by molar-refractivity contribution is 5.92. The number of hydrogen-bond acceptors (Lipinski definition) is 3. The minimum atomic E-state index is -2.91. The molecule has 0 amide bonds. The molecule has 0 unspecified atom stereocenters. The Morgan fingerprint density at radius 3 is 2.26 bits per heavy atom. The predicted molar refractivity (Wildman–Crippen MR) is 109 cm³/mol.